The molecule has 0 saturated heterocycles. The molecule has 2 heterocycles. The normalized spacial score (nSPS) is 10.8. The highest BCUT2D eigenvalue weighted by Gasteiger charge is 2.10. The number of halogens is 2. The first-order chi connectivity index (χ1) is 6.58. The van der Waals surface area contributed by atoms with Gasteiger partial charge in [-0.1, -0.05) is 11.6 Å². The van der Waals surface area contributed by atoms with Crippen molar-refractivity contribution in [2.75, 3.05) is 0 Å². The minimum absolute atomic E-state index is 0.168. The van der Waals surface area contributed by atoms with Gasteiger partial charge in [0, 0.05) is 12.4 Å². The molecule has 0 aliphatic rings. The van der Waals surface area contributed by atoms with E-state index in [9.17, 15) is 4.79 Å². The van der Waals surface area contributed by atoms with Gasteiger partial charge in [-0.05, 0) is 18.5 Å². The van der Waals surface area contributed by atoms with Gasteiger partial charge in [-0.15, -0.1) is 0 Å². The quantitative estimate of drug-likeness (QED) is 0.704. The summed E-state index contributed by atoms with van der Waals surface area (Å²) in [6, 6.07) is 0. The first-order valence-corrected chi connectivity index (χ1v) is 4.55. The summed E-state index contributed by atoms with van der Waals surface area (Å²) in [4.78, 5) is 18.8. The summed E-state index contributed by atoms with van der Waals surface area (Å²) in [6.07, 6.45) is 3.24. The Labute approximate surface area is 89.5 Å². The summed E-state index contributed by atoms with van der Waals surface area (Å²) in [5.41, 5.74) is 1.34. The van der Waals surface area contributed by atoms with E-state index in [0.29, 0.717) is 5.65 Å². The van der Waals surface area contributed by atoms with E-state index in [4.69, 9.17) is 23.2 Å². The Bertz CT molecular complexity index is 521. The van der Waals surface area contributed by atoms with Gasteiger partial charge in [0.1, 0.15) is 5.69 Å². The molecule has 0 aliphatic carbocycles. The van der Waals surface area contributed by atoms with Crippen molar-refractivity contribution in [2.24, 2.45) is 0 Å². The van der Waals surface area contributed by atoms with Crippen LogP contribution in [0, 0.1) is 6.92 Å². The van der Waals surface area contributed by atoms with Crippen LogP contribution in [0.1, 0.15) is 16.2 Å². The fourth-order valence-corrected chi connectivity index (χ4v) is 1.54. The van der Waals surface area contributed by atoms with Gasteiger partial charge < -0.3 is 4.40 Å². The Balaban J connectivity index is 2.76. The van der Waals surface area contributed by atoms with Crippen LogP contribution in [-0.4, -0.2) is 19.6 Å². The van der Waals surface area contributed by atoms with Crippen molar-refractivity contribution in [3.05, 3.63) is 28.9 Å². The third-order valence-corrected chi connectivity index (χ3v) is 2.17. The molecule has 2 rings (SSSR count). The lowest BCUT2D eigenvalue weighted by atomic mass is 10.5. The number of nitrogens with zero attached hydrogens (tertiary/aromatic N) is 3. The molecule has 0 bridgehead atoms. The van der Waals surface area contributed by atoms with Gasteiger partial charge in [0.2, 0.25) is 0 Å². The van der Waals surface area contributed by atoms with Gasteiger partial charge >= 0.3 is 0 Å². The number of carbonyl (C=O) groups excluding carboxylic acids is 1. The van der Waals surface area contributed by atoms with Crippen molar-refractivity contribution in [1.29, 1.82) is 0 Å². The standard InChI is InChI=1S/C8H5Cl2N3O/c1-4-2-13-3-5(7(10)14)12-8(13)6(9)11-4/h2-3H,1H3. The van der Waals surface area contributed by atoms with Crippen LogP contribution < -0.4 is 0 Å². The lowest BCUT2D eigenvalue weighted by Crippen LogP contribution is -1.90. The maximum Gasteiger partial charge on any atom is 0.272 e. The average molecular weight is 230 g/mol. The van der Waals surface area contributed by atoms with E-state index < -0.39 is 5.24 Å². The van der Waals surface area contributed by atoms with Crippen LogP contribution in [0.3, 0.4) is 0 Å². The Morgan fingerprint density at radius 3 is 2.79 bits per heavy atom. The van der Waals surface area contributed by atoms with Gasteiger partial charge in [-0.3, -0.25) is 4.79 Å². The summed E-state index contributed by atoms with van der Waals surface area (Å²) in [7, 11) is 0. The Morgan fingerprint density at radius 1 is 1.43 bits per heavy atom. The lowest BCUT2D eigenvalue weighted by Gasteiger charge is -1.96. The van der Waals surface area contributed by atoms with Crippen LogP contribution in [0.5, 0.6) is 0 Å². The predicted octanol–water partition coefficient (Wildman–Crippen LogP) is 2.07. The zero-order valence-corrected chi connectivity index (χ0v) is 8.67. The van der Waals surface area contributed by atoms with E-state index in [1.54, 1.807) is 17.5 Å². The zero-order valence-electron chi connectivity index (χ0n) is 7.16. The largest absolute Gasteiger partial charge is 0.302 e. The molecule has 0 radical (unpaired) electrons. The van der Waals surface area contributed by atoms with E-state index in [-0.39, 0.29) is 10.8 Å². The van der Waals surface area contributed by atoms with Crippen LogP contribution >= 0.6 is 23.2 Å². The number of imidazole rings is 1. The van der Waals surface area contributed by atoms with Crippen molar-refractivity contribution in [3.8, 4) is 0 Å². The topological polar surface area (TPSA) is 47.3 Å². The number of aryl methyl sites for hydroxylation is 1. The van der Waals surface area contributed by atoms with Crippen molar-refractivity contribution >= 4 is 34.1 Å². The van der Waals surface area contributed by atoms with E-state index in [0.717, 1.165) is 5.69 Å². The van der Waals surface area contributed by atoms with Crippen LogP contribution in [0.4, 0.5) is 0 Å². The molecular weight excluding hydrogens is 225 g/mol. The number of hydrogen-bond donors (Lipinski definition) is 0. The second-order valence-corrected chi connectivity index (χ2v) is 3.51. The Morgan fingerprint density at radius 2 is 2.14 bits per heavy atom. The third kappa shape index (κ3) is 1.47. The molecule has 0 amide bonds. The summed E-state index contributed by atoms with van der Waals surface area (Å²) in [6.45, 7) is 1.80. The van der Waals surface area contributed by atoms with Gasteiger partial charge in [-0.2, -0.15) is 0 Å². The molecule has 0 saturated carbocycles. The second-order valence-electron chi connectivity index (χ2n) is 2.80. The summed E-state index contributed by atoms with van der Waals surface area (Å²) in [5, 5.41) is -0.350. The highest BCUT2D eigenvalue weighted by atomic mass is 35.5. The fraction of sp³-hybridized carbons (Fsp3) is 0.125. The second kappa shape index (κ2) is 3.22. The minimum Gasteiger partial charge on any atom is -0.302 e. The van der Waals surface area contributed by atoms with Crippen molar-refractivity contribution in [3.63, 3.8) is 0 Å². The average Bonchev–Trinajstić information content (AvgIpc) is 2.47. The summed E-state index contributed by atoms with van der Waals surface area (Å²) < 4.78 is 1.63. The number of rotatable bonds is 1. The molecule has 2 aromatic rings. The zero-order chi connectivity index (χ0) is 10.3. The smallest absolute Gasteiger partial charge is 0.272 e. The first-order valence-electron chi connectivity index (χ1n) is 3.79. The lowest BCUT2D eigenvalue weighted by molar-refractivity contribution is 0.107. The van der Waals surface area contributed by atoms with E-state index in [2.05, 4.69) is 9.97 Å². The molecule has 2 aromatic heterocycles. The molecule has 0 spiro atoms. The Kier molecular flexibility index (Phi) is 2.17. The molecule has 14 heavy (non-hydrogen) atoms. The fourth-order valence-electron chi connectivity index (χ4n) is 1.17. The molecule has 4 nitrogen and oxygen atoms in total. The van der Waals surface area contributed by atoms with Crippen LogP contribution in [0.2, 0.25) is 5.15 Å². The van der Waals surface area contributed by atoms with E-state index >= 15 is 0 Å². The number of carbonyl (C=O) groups is 1. The number of fused-ring (bicyclic) bond motifs is 1. The van der Waals surface area contributed by atoms with Gasteiger partial charge in [0.25, 0.3) is 5.24 Å². The maximum atomic E-state index is 10.8. The predicted molar refractivity (Wildman–Crippen MR) is 52.9 cm³/mol. The molecule has 0 aromatic carbocycles. The minimum atomic E-state index is -0.609. The molecule has 0 N–H and O–H groups in total. The van der Waals surface area contributed by atoms with Gasteiger partial charge in [-0.25, -0.2) is 9.97 Å². The van der Waals surface area contributed by atoms with Crippen molar-refractivity contribution in [1.82, 2.24) is 14.4 Å². The highest BCUT2D eigenvalue weighted by Crippen LogP contribution is 2.15. The SMILES string of the molecule is Cc1cn2cc(C(=O)Cl)nc2c(Cl)n1. The van der Waals surface area contributed by atoms with E-state index in [1.165, 1.54) is 6.20 Å². The van der Waals surface area contributed by atoms with Crippen LogP contribution in [0.25, 0.3) is 5.65 Å². The van der Waals surface area contributed by atoms with Crippen molar-refractivity contribution in [2.45, 2.75) is 6.92 Å². The van der Waals surface area contributed by atoms with Crippen molar-refractivity contribution < 1.29 is 4.79 Å². The monoisotopic (exact) mass is 229 g/mol. The van der Waals surface area contributed by atoms with Gasteiger partial charge in [0.05, 0.1) is 5.69 Å². The van der Waals surface area contributed by atoms with Crippen LogP contribution in [-0.2, 0) is 0 Å². The maximum absolute atomic E-state index is 10.8. The molecule has 0 atom stereocenters. The molecule has 0 unspecified atom stereocenters. The number of hydrogen-bond acceptors (Lipinski definition) is 3. The van der Waals surface area contributed by atoms with Crippen LogP contribution in [0.15, 0.2) is 12.4 Å². The summed E-state index contributed by atoms with van der Waals surface area (Å²) >= 11 is 11.1. The van der Waals surface area contributed by atoms with Gasteiger partial charge in [0.15, 0.2) is 10.8 Å². The molecule has 0 fully saturated rings. The Hall–Kier alpha value is -1.13. The number of aromatic nitrogens is 3. The third-order valence-electron chi connectivity index (χ3n) is 1.72. The molecule has 72 valence electrons. The highest BCUT2D eigenvalue weighted by molar-refractivity contribution is 6.67. The first kappa shape index (κ1) is 9.43. The molecular formula is C8H5Cl2N3O. The molecule has 6 heteroatoms. The molecule has 0 aliphatic heterocycles. The van der Waals surface area contributed by atoms with E-state index in [1.807, 2.05) is 0 Å². The summed E-state index contributed by atoms with van der Waals surface area (Å²) in [5.74, 6) is 0.